The number of nitrogens with zero attached hydrogens (tertiary/aromatic N) is 1. The summed E-state index contributed by atoms with van der Waals surface area (Å²) in [7, 11) is 0. The summed E-state index contributed by atoms with van der Waals surface area (Å²) in [5.74, 6) is 0.0781. The Morgan fingerprint density at radius 2 is 1.60 bits per heavy atom. The van der Waals surface area contributed by atoms with Crippen molar-refractivity contribution in [1.29, 1.82) is 0 Å². The molecule has 180 valence electrons. The lowest BCUT2D eigenvalue weighted by Gasteiger charge is -2.31. The summed E-state index contributed by atoms with van der Waals surface area (Å²) in [6.07, 6.45) is 1.67. The molecule has 4 rings (SSSR count). The predicted octanol–water partition coefficient (Wildman–Crippen LogP) is 6.86. The van der Waals surface area contributed by atoms with Crippen LogP contribution < -0.4 is 0 Å². The fraction of sp³-hybridized carbons (Fsp3) is 0.276. The first-order valence-electron chi connectivity index (χ1n) is 11.6. The van der Waals surface area contributed by atoms with Gasteiger partial charge in [0.05, 0.1) is 0 Å². The van der Waals surface area contributed by atoms with Gasteiger partial charge in [-0.05, 0) is 53.6 Å². The molecule has 3 aromatic carbocycles. The average molecular weight is 508 g/mol. The van der Waals surface area contributed by atoms with Crippen molar-refractivity contribution < 1.29 is 14.4 Å². The number of oxime groups is 1. The highest BCUT2D eigenvalue weighted by molar-refractivity contribution is 6.46. The molecule has 35 heavy (non-hydrogen) atoms. The van der Waals surface area contributed by atoms with Gasteiger partial charge in [-0.3, -0.25) is 4.79 Å². The molecule has 0 fully saturated rings. The summed E-state index contributed by atoms with van der Waals surface area (Å²) in [6.45, 7) is 3.25. The molecule has 0 saturated carbocycles. The molecular weight excluding hydrogens is 481 g/mol. The molecule has 0 unspecified atom stereocenters. The Balaban J connectivity index is 1.79. The van der Waals surface area contributed by atoms with Crippen LogP contribution >= 0.6 is 23.2 Å². The van der Waals surface area contributed by atoms with Crippen LogP contribution in [0.4, 0.5) is 0 Å². The molecule has 0 N–H and O–H groups in total. The predicted molar refractivity (Wildman–Crippen MR) is 142 cm³/mol. The smallest absolute Gasteiger partial charge is 0.318 e. The third-order valence-electron chi connectivity index (χ3n) is 6.57. The molecule has 4 nitrogen and oxygen atoms in total. The topological polar surface area (TPSA) is 55.7 Å². The second-order valence-electron chi connectivity index (χ2n) is 8.88. The fourth-order valence-electron chi connectivity index (χ4n) is 5.04. The van der Waals surface area contributed by atoms with E-state index < -0.39 is 5.97 Å². The first kappa shape index (κ1) is 25.2. The number of halogens is 2. The minimum atomic E-state index is -0.577. The highest BCUT2D eigenvalue weighted by atomic mass is 35.5. The van der Waals surface area contributed by atoms with E-state index >= 15 is 0 Å². The minimum absolute atomic E-state index is 0.168. The summed E-state index contributed by atoms with van der Waals surface area (Å²) < 4.78 is 0. The van der Waals surface area contributed by atoms with Gasteiger partial charge in [-0.1, -0.05) is 71.4 Å². The van der Waals surface area contributed by atoms with Gasteiger partial charge in [0.25, 0.3) is 0 Å². The van der Waals surface area contributed by atoms with Crippen LogP contribution in [0.2, 0.25) is 0 Å². The third-order valence-corrected chi connectivity index (χ3v) is 6.95. The van der Waals surface area contributed by atoms with Crippen molar-refractivity contribution in [3.63, 3.8) is 0 Å². The van der Waals surface area contributed by atoms with Crippen LogP contribution in [0.5, 0.6) is 0 Å². The molecule has 1 aliphatic carbocycles. The maximum absolute atomic E-state index is 13.7. The Bertz CT molecular complexity index is 1290. The van der Waals surface area contributed by atoms with Crippen molar-refractivity contribution in [2.24, 2.45) is 5.16 Å². The highest BCUT2D eigenvalue weighted by Gasteiger charge is 2.42. The monoisotopic (exact) mass is 507 g/mol. The average Bonchev–Trinajstić information content (AvgIpc) is 3.11. The van der Waals surface area contributed by atoms with Crippen LogP contribution in [0.25, 0.3) is 11.1 Å². The molecular formula is C29H27Cl2NO3. The summed E-state index contributed by atoms with van der Waals surface area (Å²) in [4.78, 5) is 30.0. The summed E-state index contributed by atoms with van der Waals surface area (Å²) in [5, 5.41) is 3.94. The van der Waals surface area contributed by atoms with Crippen LogP contribution in [0.3, 0.4) is 0 Å². The maximum Gasteiger partial charge on any atom is 0.331 e. The van der Waals surface area contributed by atoms with Gasteiger partial charge >= 0.3 is 5.97 Å². The Morgan fingerprint density at radius 1 is 0.886 bits per heavy atom. The third kappa shape index (κ3) is 5.05. The number of rotatable bonds is 9. The number of carbonyl (C=O) groups excluding carboxylic acids is 2. The second-order valence-corrected chi connectivity index (χ2v) is 9.64. The molecule has 3 aromatic rings. The van der Waals surface area contributed by atoms with Gasteiger partial charge in [-0.25, -0.2) is 4.79 Å². The molecule has 0 spiro atoms. The van der Waals surface area contributed by atoms with Crippen molar-refractivity contribution in [2.75, 3.05) is 11.8 Å². The van der Waals surface area contributed by atoms with E-state index in [0.717, 1.165) is 27.8 Å². The van der Waals surface area contributed by atoms with Crippen molar-refractivity contribution in [3.05, 3.63) is 94.5 Å². The van der Waals surface area contributed by atoms with Crippen LogP contribution in [0, 0.1) is 6.92 Å². The molecule has 0 radical (unpaired) electrons. The van der Waals surface area contributed by atoms with E-state index in [9.17, 15) is 9.59 Å². The number of hydrogen-bond donors (Lipinski definition) is 0. The zero-order chi connectivity index (χ0) is 25.0. The molecule has 0 atom stereocenters. The number of fused-ring (bicyclic) bond motifs is 3. The Hall–Kier alpha value is -2.95. The molecule has 0 bridgehead atoms. The SMILES string of the molecule is CC(=O)O/N=C(\Cc1cccc(C)c1)C(=O)c1ccc2c(c1)C(CCCl)(CCCl)c1ccccc1-2. The number of ketones is 1. The van der Waals surface area contributed by atoms with E-state index in [1.54, 1.807) is 0 Å². The molecule has 0 amide bonds. The van der Waals surface area contributed by atoms with Crippen LogP contribution in [-0.2, 0) is 21.5 Å². The Labute approximate surface area is 215 Å². The first-order valence-corrected chi connectivity index (χ1v) is 12.7. The van der Waals surface area contributed by atoms with Crippen molar-refractivity contribution in [1.82, 2.24) is 0 Å². The number of aryl methyl sites for hydroxylation is 1. The number of carbonyl (C=O) groups is 2. The van der Waals surface area contributed by atoms with Gasteiger partial charge in [-0.2, -0.15) is 0 Å². The van der Waals surface area contributed by atoms with Gasteiger partial charge in [-0.15, -0.1) is 23.2 Å². The fourth-order valence-corrected chi connectivity index (χ4v) is 5.68. The van der Waals surface area contributed by atoms with Gasteiger partial charge in [0.1, 0.15) is 5.71 Å². The minimum Gasteiger partial charge on any atom is -0.318 e. The van der Waals surface area contributed by atoms with Gasteiger partial charge < -0.3 is 4.84 Å². The summed E-state index contributed by atoms with van der Waals surface area (Å²) >= 11 is 12.6. The Morgan fingerprint density at radius 3 is 2.29 bits per heavy atom. The van der Waals surface area contributed by atoms with Crippen LogP contribution in [0.1, 0.15) is 52.4 Å². The largest absolute Gasteiger partial charge is 0.331 e. The zero-order valence-corrected chi connectivity index (χ0v) is 21.3. The lowest BCUT2D eigenvalue weighted by atomic mass is 9.73. The van der Waals surface area contributed by atoms with E-state index in [-0.39, 0.29) is 23.3 Å². The molecule has 6 heteroatoms. The maximum atomic E-state index is 13.7. The number of alkyl halides is 2. The molecule has 0 heterocycles. The van der Waals surface area contributed by atoms with Crippen LogP contribution in [0.15, 0.2) is 71.9 Å². The summed E-state index contributed by atoms with van der Waals surface area (Å²) in [6, 6.07) is 21.8. The Kier molecular flexibility index (Phi) is 7.73. The lowest BCUT2D eigenvalue weighted by molar-refractivity contribution is -0.140. The van der Waals surface area contributed by atoms with E-state index in [1.807, 2.05) is 61.5 Å². The summed E-state index contributed by atoms with van der Waals surface area (Å²) in [5.41, 5.74) is 6.75. The normalized spacial score (nSPS) is 13.8. The molecule has 0 aliphatic heterocycles. The van der Waals surface area contributed by atoms with Crippen molar-refractivity contribution in [2.45, 2.75) is 38.5 Å². The van der Waals surface area contributed by atoms with E-state index in [1.165, 1.54) is 12.5 Å². The van der Waals surface area contributed by atoms with Crippen molar-refractivity contribution >= 4 is 40.7 Å². The first-order chi connectivity index (χ1) is 16.9. The molecule has 1 aliphatic rings. The van der Waals surface area contributed by atoms with E-state index in [0.29, 0.717) is 30.2 Å². The van der Waals surface area contributed by atoms with Gasteiger partial charge in [0.15, 0.2) is 0 Å². The second kappa shape index (κ2) is 10.8. The zero-order valence-electron chi connectivity index (χ0n) is 19.8. The molecule has 0 aromatic heterocycles. The quantitative estimate of drug-likeness (QED) is 0.104. The van der Waals surface area contributed by atoms with Gasteiger partial charge in [0.2, 0.25) is 5.78 Å². The van der Waals surface area contributed by atoms with E-state index in [2.05, 4.69) is 17.3 Å². The number of benzene rings is 3. The standard InChI is InChI=1S/C29H27Cl2NO3/c1-19-6-5-7-21(16-19)17-27(32-35-20(2)33)28(34)22-10-11-24-23-8-3-4-9-25(23)29(12-14-30,13-15-31)26(24)18-22/h3-11,16,18H,12-15,17H2,1-2H3/b32-27+. The molecule has 0 saturated heterocycles. The number of hydrogen-bond acceptors (Lipinski definition) is 4. The highest BCUT2D eigenvalue weighted by Crippen LogP contribution is 2.53. The van der Waals surface area contributed by atoms with E-state index in [4.69, 9.17) is 28.0 Å². The van der Waals surface area contributed by atoms with Crippen LogP contribution in [-0.4, -0.2) is 29.2 Å². The van der Waals surface area contributed by atoms with Gasteiger partial charge in [0, 0.05) is 36.1 Å². The lowest BCUT2D eigenvalue weighted by Crippen LogP contribution is -2.27. The number of Topliss-reactive ketones (excluding diaryl/α,β-unsaturated/α-hetero) is 1. The van der Waals surface area contributed by atoms with Crippen molar-refractivity contribution in [3.8, 4) is 11.1 Å².